The van der Waals surface area contributed by atoms with Crippen LogP contribution >= 0.6 is 15.9 Å². The summed E-state index contributed by atoms with van der Waals surface area (Å²) in [5.74, 6) is -3.89. The molecule has 174 valence electrons. The summed E-state index contributed by atoms with van der Waals surface area (Å²) >= 11 is 3.42. The maximum absolute atomic E-state index is 14.3. The van der Waals surface area contributed by atoms with Gasteiger partial charge in [0, 0.05) is 45.0 Å². The number of benzene rings is 3. The van der Waals surface area contributed by atoms with Crippen LogP contribution in [0, 0.1) is 0 Å². The van der Waals surface area contributed by atoms with Gasteiger partial charge in [-0.3, -0.25) is 24.0 Å². The molecule has 2 spiro atoms. The third-order valence-corrected chi connectivity index (χ3v) is 8.13. The Morgan fingerprint density at radius 2 is 1.31 bits per heavy atom. The van der Waals surface area contributed by atoms with Gasteiger partial charge in [0.25, 0.3) is 5.60 Å². The summed E-state index contributed by atoms with van der Waals surface area (Å²) in [5.41, 5.74) is -3.89. The SMILES string of the molecule is CN1C(=O)[C@@]2(C3=C(OC24C(=O)c2ccccc2C4=O)C(=O)c2ccccc2C3=O)c2cc(Br)ccc21. The van der Waals surface area contributed by atoms with E-state index < -0.39 is 45.8 Å². The molecule has 0 radical (unpaired) electrons. The van der Waals surface area contributed by atoms with Crippen molar-refractivity contribution in [3.8, 4) is 0 Å². The number of ether oxygens (including phenoxy) is 1. The van der Waals surface area contributed by atoms with Gasteiger partial charge in [-0.05, 0) is 18.2 Å². The van der Waals surface area contributed by atoms with Crippen LogP contribution in [0.5, 0.6) is 0 Å². The van der Waals surface area contributed by atoms with Crippen molar-refractivity contribution in [2.45, 2.75) is 11.0 Å². The topological polar surface area (TPSA) is 97.8 Å². The highest BCUT2D eigenvalue weighted by Gasteiger charge is 2.81. The zero-order chi connectivity index (χ0) is 25.1. The molecule has 7 rings (SSSR count). The number of anilines is 1. The lowest BCUT2D eigenvalue weighted by molar-refractivity contribution is -0.125. The molecule has 3 aromatic carbocycles. The van der Waals surface area contributed by atoms with Crippen molar-refractivity contribution in [3.63, 3.8) is 0 Å². The summed E-state index contributed by atoms with van der Waals surface area (Å²) in [7, 11) is 1.51. The first-order valence-corrected chi connectivity index (χ1v) is 11.9. The molecule has 2 heterocycles. The van der Waals surface area contributed by atoms with E-state index in [0.717, 1.165) is 0 Å². The Morgan fingerprint density at radius 3 is 1.92 bits per heavy atom. The van der Waals surface area contributed by atoms with Crippen LogP contribution in [0.25, 0.3) is 0 Å². The maximum Gasteiger partial charge on any atom is 0.256 e. The second-order valence-corrected chi connectivity index (χ2v) is 10.1. The van der Waals surface area contributed by atoms with E-state index in [2.05, 4.69) is 15.9 Å². The van der Waals surface area contributed by atoms with Crippen LogP contribution in [-0.2, 0) is 14.9 Å². The number of fused-ring (bicyclic) bond motifs is 6. The number of nitrogens with zero attached hydrogens (tertiary/aromatic N) is 1. The van der Waals surface area contributed by atoms with Crippen LogP contribution in [0.3, 0.4) is 0 Å². The number of hydrogen-bond acceptors (Lipinski definition) is 6. The summed E-state index contributed by atoms with van der Waals surface area (Å²) < 4.78 is 6.73. The predicted octanol–water partition coefficient (Wildman–Crippen LogP) is 3.84. The second-order valence-electron chi connectivity index (χ2n) is 9.17. The first-order valence-electron chi connectivity index (χ1n) is 11.2. The van der Waals surface area contributed by atoms with Crippen LogP contribution in [0.2, 0.25) is 0 Å². The average molecular weight is 540 g/mol. The molecule has 0 saturated carbocycles. The fourth-order valence-corrected chi connectivity index (χ4v) is 6.51. The zero-order valence-corrected chi connectivity index (χ0v) is 20.2. The number of likely N-dealkylation sites (N-methyl/N-ethyl adjacent to an activating group) is 1. The molecule has 2 aliphatic carbocycles. The van der Waals surface area contributed by atoms with Gasteiger partial charge in [0.05, 0.1) is 5.57 Å². The fourth-order valence-electron chi connectivity index (χ4n) is 6.15. The third-order valence-electron chi connectivity index (χ3n) is 7.64. The lowest BCUT2D eigenvalue weighted by Gasteiger charge is -2.36. The van der Waals surface area contributed by atoms with E-state index >= 15 is 0 Å². The molecule has 0 fully saturated rings. The molecule has 0 aromatic heterocycles. The normalized spacial score (nSPS) is 22.8. The molecule has 0 saturated heterocycles. The molecular formula is C28H14BrNO6. The quantitative estimate of drug-likeness (QED) is 0.402. The standard InChI is InChI=1S/C28H14BrNO6/c1-30-19-11-10-13(29)12-18(19)27(26(30)35)20-21(31)14-6-2-3-7-15(14)22(32)23(20)36-28(27)24(33)16-8-4-5-9-17(16)25(28)34/h2-12H,1H3/t27-/m0/s1. The number of rotatable bonds is 0. The van der Waals surface area contributed by atoms with E-state index in [1.54, 1.807) is 42.5 Å². The van der Waals surface area contributed by atoms with Gasteiger partial charge in [0.15, 0.2) is 17.0 Å². The Morgan fingerprint density at radius 1 is 0.750 bits per heavy atom. The first-order chi connectivity index (χ1) is 17.3. The van der Waals surface area contributed by atoms with Crippen molar-refractivity contribution in [3.05, 3.63) is 110 Å². The molecule has 7 nitrogen and oxygen atoms in total. The van der Waals surface area contributed by atoms with Gasteiger partial charge in [-0.2, -0.15) is 0 Å². The molecule has 1 amide bonds. The zero-order valence-electron chi connectivity index (χ0n) is 18.6. The monoisotopic (exact) mass is 539 g/mol. The molecule has 0 unspecified atom stereocenters. The molecule has 2 aliphatic heterocycles. The van der Waals surface area contributed by atoms with Gasteiger partial charge in [-0.25, -0.2) is 0 Å². The highest BCUT2D eigenvalue weighted by atomic mass is 79.9. The van der Waals surface area contributed by atoms with E-state index in [9.17, 15) is 24.0 Å². The molecule has 4 aliphatic rings. The number of Topliss-reactive ketones (excluding diaryl/α,β-unsaturated/α-hetero) is 4. The summed E-state index contributed by atoms with van der Waals surface area (Å²) in [5, 5.41) is 0. The number of ketones is 4. The largest absolute Gasteiger partial charge is 0.464 e. The molecule has 0 N–H and O–H groups in total. The Hall–Kier alpha value is -4.17. The third kappa shape index (κ3) is 2.02. The van der Waals surface area contributed by atoms with E-state index in [0.29, 0.717) is 10.2 Å². The van der Waals surface area contributed by atoms with Crippen molar-refractivity contribution in [1.82, 2.24) is 0 Å². The van der Waals surface area contributed by atoms with Crippen LogP contribution in [-0.4, -0.2) is 41.7 Å². The van der Waals surface area contributed by atoms with Gasteiger partial charge in [-0.15, -0.1) is 0 Å². The first kappa shape index (κ1) is 21.1. The summed E-state index contributed by atoms with van der Waals surface area (Å²) in [6, 6.07) is 17.4. The average Bonchev–Trinajstić information content (AvgIpc) is 3.42. The van der Waals surface area contributed by atoms with E-state index in [1.165, 1.54) is 36.2 Å². The molecule has 3 aromatic rings. The van der Waals surface area contributed by atoms with Crippen LogP contribution in [0.4, 0.5) is 5.69 Å². The summed E-state index contributed by atoms with van der Waals surface area (Å²) in [6.07, 6.45) is 0. The van der Waals surface area contributed by atoms with Crippen LogP contribution in [0.15, 0.2) is 82.5 Å². The Kier molecular flexibility index (Phi) is 3.83. The van der Waals surface area contributed by atoms with E-state index in [4.69, 9.17) is 4.74 Å². The smallest absolute Gasteiger partial charge is 0.256 e. The van der Waals surface area contributed by atoms with Gasteiger partial charge in [0.2, 0.25) is 23.3 Å². The van der Waals surface area contributed by atoms with Crippen molar-refractivity contribution >= 4 is 50.7 Å². The van der Waals surface area contributed by atoms with Gasteiger partial charge in [0.1, 0.15) is 0 Å². The number of carbonyl (C=O) groups excluding carboxylic acids is 5. The van der Waals surface area contributed by atoms with Gasteiger partial charge >= 0.3 is 0 Å². The lowest BCUT2D eigenvalue weighted by atomic mass is 9.60. The van der Waals surface area contributed by atoms with Crippen molar-refractivity contribution in [2.75, 3.05) is 11.9 Å². The fraction of sp³-hybridized carbons (Fsp3) is 0.107. The minimum atomic E-state index is -2.47. The number of hydrogen-bond donors (Lipinski definition) is 0. The molecule has 36 heavy (non-hydrogen) atoms. The van der Waals surface area contributed by atoms with E-state index in [-0.39, 0.29) is 33.4 Å². The number of allylic oxidation sites excluding steroid dienone is 1. The molecule has 1 atom stereocenters. The predicted molar refractivity (Wildman–Crippen MR) is 130 cm³/mol. The number of amides is 1. The highest BCUT2D eigenvalue weighted by Crippen LogP contribution is 2.63. The molecule has 0 bridgehead atoms. The summed E-state index contributed by atoms with van der Waals surface area (Å²) in [4.78, 5) is 71.8. The molecular weight excluding hydrogens is 526 g/mol. The Balaban J connectivity index is 1.65. The Bertz CT molecular complexity index is 1670. The molecule has 8 heteroatoms. The summed E-state index contributed by atoms with van der Waals surface area (Å²) in [6.45, 7) is 0. The van der Waals surface area contributed by atoms with Gasteiger partial charge < -0.3 is 9.64 Å². The van der Waals surface area contributed by atoms with Crippen molar-refractivity contribution in [1.29, 1.82) is 0 Å². The number of halogens is 1. The Labute approximate surface area is 212 Å². The van der Waals surface area contributed by atoms with Gasteiger partial charge in [-0.1, -0.05) is 64.5 Å². The number of carbonyl (C=O) groups is 5. The second kappa shape index (κ2) is 6.53. The minimum absolute atomic E-state index is 0.0815. The van der Waals surface area contributed by atoms with Crippen molar-refractivity contribution < 1.29 is 28.7 Å². The highest BCUT2D eigenvalue weighted by molar-refractivity contribution is 9.10. The van der Waals surface area contributed by atoms with Crippen LogP contribution in [0.1, 0.15) is 47.0 Å². The van der Waals surface area contributed by atoms with E-state index in [1.807, 2.05) is 0 Å². The van der Waals surface area contributed by atoms with Crippen LogP contribution < -0.4 is 4.90 Å². The lowest BCUT2D eigenvalue weighted by Crippen LogP contribution is -2.63. The maximum atomic E-state index is 14.3. The minimum Gasteiger partial charge on any atom is -0.464 e. The van der Waals surface area contributed by atoms with Crippen molar-refractivity contribution in [2.24, 2.45) is 0 Å².